The van der Waals surface area contributed by atoms with Crippen LogP contribution in [0.1, 0.15) is 21.5 Å². The van der Waals surface area contributed by atoms with Crippen LogP contribution in [0.25, 0.3) is 0 Å². The highest BCUT2D eigenvalue weighted by Gasteiger charge is 2.16. The zero-order valence-electron chi connectivity index (χ0n) is 17.4. The van der Waals surface area contributed by atoms with Crippen LogP contribution in [0.2, 0.25) is 0 Å². The third-order valence-electron chi connectivity index (χ3n) is 5.01. The molecule has 2 atom stereocenters. The molecule has 0 aliphatic heterocycles. The number of ketones is 1. The summed E-state index contributed by atoms with van der Waals surface area (Å²) in [7, 11) is 1.72. The maximum atomic E-state index is 12.7. The number of esters is 1. The zero-order chi connectivity index (χ0) is 22.2. The van der Waals surface area contributed by atoms with Gasteiger partial charge in [0.1, 0.15) is 12.3 Å². The zero-order valence-corrected chi connectivity index (χ0v) is 17.4. The van der Waals surface area contributed by atoms with E-state index < -0.39 is 12.2 Å². The Kier molecular flexibility index (Phi) is 7.49. The van der Waals surface area contributed by atoms with Gasteiger partial charge in [0.2, 0.25) is 0 Å². The van der Waals surface area contributed by atoms with Crippen molar-refractivity contribution in [1.29, 1.82) is 0 Å². The fourth-order valence-electron chi connectivity index (χ4n) is 3.16. The summed E-state index contributed by atoms with van der Waals surface area (Å²) < 4.78 is 5.22. The molecule has 5 nitrogen and oxygen atoms in total. The topological polar surface area (TPSA) is 70.9 Å². The first kappa shape index (κ1) is 22.2. The number of quaternary nitrogens is 1. The Hall–Kier alpha value is -3.54. The second-order valence-corrected chi connectivity index (χ2v) is 7.32. The van der Waals surface area contributed by atoms with E-state index in [-0.39, 0.29) is 24.4 Å². The summed E-state index contributed by atoms with van der Waals surface area (Å²) >= 11 is 0. The Labute approximate surface area is 182 Å². The molecule has 0 aliphatic rings. The van der Waals surface area contributed by atoms with Crippen molar-refractivity contribution in [3.8, 4) is 0 Å². The average Bonchev–Trinajstić information content (AvgIpc) is 2.82. The van der Waals surface area contributed by atoms with Gasteiger partial charge >= 0.3 is 5.97 Å². The van der Waals surface area contributed by atoms with E-state index in [0.29, 0.717) is 16.0 Å². The summed E-state index contributed by atoms with van der Waals surface area (Å²) in [6, 6.07) is 25.2. The van der Waals surface area contributed by atoms with Crippen LogP contribution in [0, 0.1) is 0 Å². The molecule has 3 rings (SSSR count). The Morgan fingerprint density at radius 3 is 2.06 bits per heavy atom. The van der Waals surface area contributed by atoms with E-state index in [1.165, 1.54) is 0 Å². The molecule has 0 radical (unpaired) electrons. The summed E-state index contributed by atoms with van der Waals surface area (Å²) in [6.45, 7) is 3.68. The molecule has 3 aromatic rings. The standard InChI is InChI=1S/C26H24NO4/c1-19(18-31-24(28)17-20-9-5-3-6-10-20)26(30)27(2)23-15-13-22(14-16-23)25(29)21-11-7-4-8-12-21/h3-16,26H,1,17-18H2,2H3/q-1/p+1. The summed E-state index contributed by atoms with van der Waals surface area (Å²) in [5.74, 6) is -0.473. The Balaban J connectivity index is 1.55. The number of nitrogens with one attached hydrogen (secondary N) is 1. The molecule has 0 aromatic heterocycles. The van der Waals surface area contributed by atoms with Crippen LogP contribution in [0.3, 0.4) is 0 Å². The molecule has 2 unspecified atom stereocenters. The van der Waals surface area contributed by atoms with E-state index in [1.54, 1.807) is 43.4 Å². The van der Waals surface area contributed by atoms with Gasteiger partial charge in [-0.05, 0) is 29.8 Å². The highest BCUT2D eigenvalue weighted by atomic mass is 16.5. The maximum Gasteiger partial charge on any atom is 0.310 e. The highest BCUT2D eigenvalue weighted by Crippen LogP contribution is 2.12. The van der Waals surface area contributed by atoms with Crippen molar-refractivity contribution in [2.75, 3.05) is 13.7 Å². The number of hydrogen-bond donors (Lipinski definition) is 1. The van der Waals surface area contributed by atoms with Crippen molar-refractivity contribution in [2.45, 2.75) is 12.6 Å². The molecule has 5 heteroatoms. The normalized spacial score (nSPS) is 12.6. The number of carbonyl (C=O) groups is 2. The lowest BCUT2D eigenvalue weighted by molar-refractivity contribution is -0.918. The predicted octanol–water partition coefficient (Wildman–Crippen LogP) is 2.09. The Morgan fingerprint density at radius 1 is 0.903 bits per heavy atom. The minimum atomic E-state index is -1.21. The number of hydrogen-bond acceptors (Lipinski definition) is 4. The van der Waals surface area contributed by atoms with Crippen LogP contribution in [-0.4, -0.2) is 31.6 Å². The minimum absolute atomic E-state index is 0.0711. The number of carbonyl (C=O) groups excluding carboxylic acids is 2. The van der Waals surface area contributed by atoms with E-state index in [1.807, 2.05) is 48.5 Å². The Morgan fingerprint density at radius 2 is 1.45 bits per heavy atom. The molecule has 0 saturated carbocycles. The number of ether oxygens (including phenoxy) is 1. The summed E-state index contributed by atoms with van der Waals surface area (Å²) in [6.07, 6.45) is -1.06. The molecule has 0 heterocycles. The van der Waals surface area contributed by atoms with Gasteiger partial charge in [-0.15, -0.1) is 0 Å². The SMILES string of the molecule is C=C(COC(=O)Cc1ccccc1)C([O-])[NH+](C)c1ccc(C(=O)c2ccccc2)cc1. The molecule has 3 aromatic carbocycles. The number of likely N-dealkylation sites (N-methyl/N-ethyl adjacent to an activating group) is 1. The molecule has 1 N–H and O–H groups in total. The van der Waals surface area contributed by atoms with Crippen molar-refractivity contribution in [3.05, 3.63) is 114 Å². The van der Waals surface area contributed by atoms with Crippen LogP contribution in [-0.2, 0) is 16.0 Å². The first-order valence-corrected chi connectivity index (χ1v) is 10.0. The lowest BCUT2D eigenvalue weighted by Gasteiger charge is -2.30. The lowest BCUT2D eigenvalue weighted by Crippen LogP contribution is -3.11. The molecular weight excluding hydrogens is 390 g/mol. The number of rotatable bonds is 9. The van der Waals surface area contributed by atoms with E-state index in [0.717, 1.165) is 11.3 Å². The highest BCUT2D eigenvalue weighted by molar-refractivity contribution is 6.09. The molecule has 0 aliphatic carbocycles. The van der Waals surface area contributed by atoms with E-state index >= 15 is 0 Å². The Bertz CT molecular complexity index is 1030. The van der Waals surface area contributed by atoms with Gasteiger partial charge in [0.25, 0.3) is 0 Å². The quantitative estimate of drug-likeness (QED) is 0.251. The van der Waals surface area contributed by atoms with Gasteiger partial charge in [0.05, 0.1) is 13.5 Å². The van der Waals surface area contributed by atoms with Gasteiger partial charge in [-0.25, -0.2) is 0 Å². The molecule has 0 bridgehead atoms. The van der Waals surface area contributed by atoms with Gasteiger partial charge in [-0.3, -0.25) is 9.59 Å². The molecule has 0 spiro atoms. The van der Waals surface area contributed by atoms with Crippen LogP contribution in [0.5, 0.6) is 0 Å². The van der Waals surface area contributed by atoms with Crippen LogP contribution < -0.4 is 10.0 Å². The predicted molar refractivity (Wildman–Crippen MR) is 117 cm³/mol. The lowest BCUT2D eigenvalue weighted by atomic mass is 10.0. The van der Waals surface area contributed by atoms with Crippen molar-refractivity contribution >= 4 is 17.4 Å². The third kappa shape index (κ3) is 5.98. The fourth-order valence-corrected chi connectivity index (χ4v) is 3.16. The van der Waals surface area contributed by atoms with Crippen molar-refractivity contribution in [1.82, 2.24) is 0 Å². The van der Waals surface area contributed by atoms with E-state index in [9.17, 15) is 14.7 Å². The van der Waals surface area contributed by atoms with Crippen LogP contribution >= 0.6 is 0 Å². The smallest absolute Gasteiger partial charge is 0.310 e. The van der Waals surface area contributed by atoms with E-state index in [4.69, 9.17) is 4.74 Å². The first-order valence-electron chi connectivity index (χ1n) is 10.0. The monoisotopic (exact) mass is 415 g/mol. The minimum Gasteiger partial charge on any atom is -0.802 e. The van der Waals surface area contributed by atoms with Crippen molar-refractivity contribution in [3.63, 3.8) is 0 Å². The van der Waals surface area contributed by atoms with Crippen LogP contribution in [0.4, 0.5) is 5.69 Å². The van der Waals surface area contributed by atoms with Gasteiger partial charge in [-0.1, -0.05) is 67.2 Å². The van der Waals surface area contributed by atoms with Gasteiger partial charge in [0.15, 0.2) is 5.78 Å². The molecule has 158 valence electrons. The van der Waals surface area contributed by atoms with Gasteiger partial charge in [-0.2, -0.15) is 0 Å². The summed E-state index contributed by atoms with van der Waals surface area (Å²) in [5.41, 5.74) is 3.02. The average molecular weight is 415 g/mol. The molecule has 0 fully saturated rings. The molecular formula is C26H25NO4. The number of benzene rings is 3. The molecule has 0 amide bonds. The first-order chi connectivity index (χ1) is 15.0. The van der Waals surface area contributed by atoms with Crippen LogP contribution in [0.15, 0.2) is 97.1 Å². The van der Waals surface area contributed by atoms with Crippen molar-refractivity contribution in [2.24, 2.45) is 0 Å². The fraction of sp³-hybridized carbons (Fsp3) is 0.154. The second kappa shape index (κ2) is 10.5. The molecule has 31 heavy (non-hydrogen) atoms. The maximum absolute atomic E-state index is 12.7. The largest absolute Gasteiger partial charge is 0.802 e. The summed E-state index contributed by atoms with van der Waals surface area (Å²) in [4.78, 5) is 25.1. The van der Waals surface area contributed by atoms with Crippen molar-refractivity contribution < 1.29 is 24.3 Å². The molecule has 0 saturated heterocycles. The van der Waals surface area contributed by atoms with Gasteiger partial charge < -0.3 is 14.7 Å². The van der Waals surface area contributed by atoms with Gasteiger partial charge in [0, 0.05) is 22.9 Å². The summed E-state index contributed by atoms with van der Waals surface area (Å²) in [5, 5.41) is 12.7. The van der Waals surface area contributed by atoms with E-state index in [2.05, 4.69) is 6.58 Å². The second-order valence-electron chi connectivity index (χ2n) is 7.32. The third-order valence-corrected chi connectivity index (χ3v) is 5.01.